The molecule has 0 atom stereocenters. The molecular formula is C8H10O9S3. The van der Waals surface area contributed by atoms with Gasteiger partial charge in [-0.25, -0.2) is 12.6 Å². The number of rotatable bonds is 6. The van der Waals surface area contributed by atoms with E-state index in [0.29, 0.717) is 0 Å². The fourth-order valence-electron chi connectivity index (χ4n) is 1.19. The predicted molar refractivity (Wildman–Crippen MR) is 65.8 cm³/mol. The van der Waals surface area contributed by atoms with Gasteiger partial charge in [-0.15, -0.1) is 0 Å². The van der Waals surface area contributed by atoms with Gasteiger partial charge in [-0.2, -0.15) is 16.8 Å². The molecule has 9 nitrogen and oxygen atoms in total. The first kappa shape index (κ1) is 17.0. The average molecular weight is 346 g/mol. The van der Waals surface area contributed by atoms with E-state index in [1.807, 2.05) is 0 Å². The third-order valence-corrected chi connectivity index (χ3v) is 5.09. The molecule has 1 aromatic carbocycles. The minimum atomic E-state index is -4.73. The van der Waals surface area contributed by atoms with Gasteiger partial charge in [0.1, 0.15) is 0 Å². The van der Waals surface area contributed by atoms with Crippen LogP contribution in [0.3, 0.4) is 0 Å². The fraction of sp³-hybridized carbons (Fsp3) is 0.250. The molecule has 0 aromatic heterocycles. The summed E-state index contributed by atoms with van der Waals surface area (Å²) in [4.78, 5) is -0.769. The van der Waals surface area contributed by atoms with Crippen molar-refractivity contribution in [2.45, 2.75) is 9.79 Å². The van der Waals surface area contributed by atoms with Crippen LogP contribution in [0.25, 0.3) is 0 Å². The molecule has 1 aromatic rings. The van der Waals surface area contributed by atoms with E-state index in [1.54, 1.807) is 0 Å². The third-order valence-electron chi connectivity index (χ3n) is 2.07. The minimum absolute atomic E-state index is 0.288. The van der Waals surface area contributed by atoms with Crippen molar-refractivity contribution in [2.24, 2.45) is 0 Å². The van der Waals surface area contributed by atoms with E-state index in [1.165, 1.54) is 0 Å². The van der Waals surface area contributed by atoms with Crippen molar-refractivity contribution in [1.29, 1.82) is 0 Å². The van der Waals surface area contributed by atoms with Gasteiger partial charge in [0.25, 0.3) is 10.1 Å². The fourth-order valence-corrected chi connectivity index (χ4v) is 3.15. The second-order valence-electron chi connectivity index (χ2n) is 3.52. The number of sulfone groups is 1. The molecule has 0 saturated carbocycles. The van der Waals surface area contributed by atoms with Gasteiger partial charge in [0, 0.05) is 0 Å². The molecule has 0 saturated heterocycles. The van der Waals surface area contributed by atoms with Crippen molar-refractivity contribution in [1.82, 2.24) is 0 Å². The van der Waals surface area contributed by atoms with Gasteiger partial charge >= 0.3 is 10.4 Å². The molecule has 0 aliphatic heterocycles. The van der Waals surface area contributed by atoms with Gasteiger partial charge in [0.2, 0.25) is 0 Å². The topological polar surface area (TPSA) is 152 Å². The van der Waals surface area contributed by atoms with Crippen LogP contribution in [0.5, 0.6) is 0 Å². The van der Waals surface area contributed by atoms with Crippen LogP contribution in [0.2, 0.25) is 0 Å². The van der Waals surface area contributed by atoms with Crippen molar-refractivity contribution < 1.29 is 38.5 Å². The summed E-state index contributed by atoms with van der Waals surface area (Å²) in [6.45, 7) is -0.790. The van der Waals surface area contributed by atoms with Crippen LogP contribution in [-0.2, 0) is 34.5 Å². The summed E-state index contributed by atoms with van der Waals surface area (Å²) >= 11 is 0. The highest BCUT2D eigenvalue weighted by Gasteiger charge is 2.18. The van der Waals surface area contributed by atoms with Crippen LogP contribution in [0.15, 0.2) is 34.1 Å². The Bertz CT molecular complexity index is 772. The molecule has 0 spiro atoms. The molecule has 0 heterocycles. The lowest BCUT2D eigenvalue weighted by atomic mass is 10.4. The Hall–Kier alpha value is -1.05. The molecule has 12 heteroatoms. The van der Waals surface area contributed by atoms with Crippen LogP contribution < -0.4 is 0 Å². The molecule has 0 fully saturated rings. The quantitative estimate of drug-likeness (QED) is 0.651. The largest absolute Gasteiger partial charge is 0.397 e. The number of benzene rings is 1. The monoisotopic (exact) mass is 346 g/mol. The Labute approximate surface area is 115 Å². The zero-order chi connectivity index (χ0) is 15.6. The Morgan fingerprint density at radius 3 is 1.70 bits per heavy atom. The summed E-state index contributed by atoms with van der Waals surface area (Å²) in [6.07, 6.45) is 0. The Morgan fingerprint density at radius 2 is 1.30 bits per heavy atom. The van der Waals surface area contributed by atoms with Crippen molar-refractivity contribution in [2.75, 3.05) is 12.4 Å². The Kier molecular flexibility index (Phi) is 4.89. The van der Waals surface area contributed by atoms with Crippen LogP contribution in [0.1, 0.15) is 0 Å². The van der Waals surface area contributed by atoms with Crippen molar-refractivity contribution in [3.8, 4) is 0 Å². The van der Waals surface area contributed by atoms with E-state index in [-0.39, 0.29) is 4.90 Å². The van der Waals surface area contributed by atoms with Crippen LogP contribution in [-0.4, -0.2) is 46.7 Å². The first-order valence-electron chi connectivity index (χ1n) is 4.84. The molecule has 2 N–H and O–H groups in total. The van der Waals surface area contributed by atoms with E-state index in [9.17, 15) is 25.3 Å². The molecule has 0 amide bonds. The van der Waals surface area contributed by atoms with Crippen LogP contribution >= 0.6 is 0 Å². The average Bonchev–Trinajstić information content (AvgIpc) is 2.26. The Morgan fingerprint density at radius 1 is 0.850 bits per heavy atom. The summed E-state index contributed by atoms with van der Waals surface area (Å²) in [5, 5.41) is 0. The van der Waals surface area contributed by atoms with Gasteiger partial charge in [0.15, 0.2) is 9.84 Å². The molecule has 0 radical (unpaired) electrons. The summed E-state index contributed by atoms with van der Waals surface area (Å²) in [5.41, 5.74) is 0. The molecule has 0 aliphatic rings. The second-order valence-corrected chi connectivity index (χ2v) is 8.14. The molecule has 0 unspecified atom stereocenters. The molecule has 114 valence electrons. The predicted octanol–water partition coefficient (Wildman–Crippen LogP) is -0.474. The molecule has 0 aliphatic carbocycles. The van der Waals surface area contributed by atoms with Crippen molar-refractivity contribution in [3.63, 3.8) is 0 Å². The first-order chi connectivity index (χ1) is 8.92. The highest BCUT2D eigenvalue weighted by Crippen LogP contribution is 2.15. The third kappa shape index (κ3) is 5.15. The zero-order valence-electron chi connectivity index (χ0n) is 9.70. The highest BCUT2D eigenvalue weighted by atomic mass is 32.3. The first-order valence-corrected chi connectivity index (χ1v) is 9.30. The molecule has 0 bridgehead atoms. The molecule has 1 rings (SSSR count). The van der Waals surface area contributed by atoms with Crippen LogP contribution in [0, 0.1) is 0 Å². The zero-order valence-corrected chi connectivity index (χ0v) is 12.2. The van der Waals surface area contributed by atoms with Gasteiger partial charge in [0.05, 0.1) is 22.2 Å². The summed E-state index contributed by atoms with van der Waals surface area (Å²) in [6, 6.07) is 3.63. The summed E-state index contributed by atoms with van der Waals surface area (Å²) in [7, 11) is -13.1. The SMILES string of the molecule is O=S(=O)(O)OCCS(=O)(=O)c1ccc(S(=O)(=O)O)cc1. The van der Waals surface area contributed by atoms with E-state index >= 15 is 0 Å². The minimum Gasteiger partial charge on any atom is -0.282 e. The maximum Gasteiger partial charge on any atom is 0.397 e. The highest BCUT2D eigenvalue weighted by molar-refractivity contribution is 7.91. The lowest BCUT2D eigenvalue weighted by Crippen LogP contribution is -2.15. The smallest absolute Gasteiger partial charge is 0.282 e. The molecule has 20 heavy (non-hydrogen) atoms. The molecular weight excluding hydrogens is 336 g/mol. The van der Waals surface area contributed by atoms with Gasteiger partial charge < -0.3 is 0 Å². The number of hydrogen-bond acceptors (Lipinski definition) is 7. The summed E-state index contributed by atoms with van der Waals surface area (Å²) < 4.78 is 86.3. The lowest BCUT2D eigenvalue weighted by Gasteiger charge is -2.04. The maximum atomic E-state index is 11.7. The lowest BCUT2D eigenvalue weighted by molar-refractivity contribution is 0.284. The number of hydrogen-bond donors (Lipinski definition) is 2. The standard InChI is InChI=1S/C8H10O9S3/c9-18(10,6-5-17-20(14,15)16)7-1-3-8(4-2-7)19(11,12)13/h1-4H,5-6H2,(H,11,12,13)(H,14,15,16). The summed E-state index contributed by atoms with van der Waals surface area (Å²) in [5.74, 6) is -0.738. The normalized spacial score (nSPS) is 13.3. The van der Waals surface area contributed by atoms with E-state index in [0.717, 1.165) is 24.3 Å². The van der Waals surface area contributed by atoms with Gasteiger partial charge in [-0.1, -0.05) is 0 Å². The van der Waals surface area contributed by atoms with Gasteiger partial charge in [-0.3, -0.25) is 9.11 Å². The van der Waals surface area contributed by atoms with Crippen molar-refractivity contribution >= 4 is 30.4 Å². The van der Waals surface area contributed by atoms with Crippen LogP contribution in [0.4, 0.5) is 0 Å². The maximum absolute atomic E-state index is 11.7. The van der Waals surface area contributed by atoms with Crippen molar-refractivity contribution in [3.05, 3.63) is 24.3 Å². The van der Waals surface area contributed by atoms with E-state index in [2.05, 4.69) is 4.18 Å². The second kappa shape index (κ2) is 5.75. The van der Waals surface area contributed by atoms with E-state index in [4.69, 9.17) is 9.11 Å². The Balaban J connectivity index is 2.89. The van der Waals surface area contributed by atoms with E-state index < -0.39 is 47.6 Å². The van der Waals surface area contributed by atoms with Gasteiger partial charge in [-0.05, 0) is 24.3 Å².